The molecule has 0 unspecified atom stereocenters. The van der Waals surface area contributed by atoms with Crippen LogP contribution in [0.15, 0.2) is 11.0 Å². The average molecular weight is 298 g/mol. The Morgan fingerprint density at radius 1 is 1.35 bits per heavy atom. The van der Waals surface area contributed by atoms with Gasteiger partial charge >= 0.3 is 0 Å². The molecule has 1 aliphatic rings. The van der Waals surface area contributed by atoms with Crippen LogP contribution in [0, 0.1) is 5.92 Å². The first-order valence-corrected chi connectivity index (χ1v) is 8.05. The maximum absolute atomic E-state index is 12.0. The monoisotopic (exact) mass is 297 g/mol. The molecule has 0 saturated heterocycles. The molecule has 0 aromatic carbocycles. The van der Waals surface area contributed by atoms with Crippen LogP contribution in [-0.4, -0.2) is 15.8 Å². The van der Waals surface area contributed by atoms with Crippen molar-refractivity contribution in [2.24, 2.45) is 5.92 Å². The molecule has 0 bridgehead atoms. The van der Waals surface area contributed by atoms with Crippen LogP contribution in [0.2, 0.25) is 5.02 Å². The minimum Gasteiger partial charge on any atom is -0.380 e. The summed E-state index contributed by atoms with van der Waals surface area (Å²) in [6.45, 7) is 4.88. The van der Waals surface area contributed by atoms with Crippen molar-refractivity contribution < 1.29 is 0 Å². The predicted molar refractivity (Wildman–Crippen MR) is 83.5 cm³/mol. The number of aromatic nitrogens is 2. The third kappa shape index (κ3) is 3.54. The molecule has 0 spiro atoms. The van der Waals surface area contributed by atoms with E-state index in [0.717, 1.165) is 25.2 Å². The smallest absolute Gasteiger partial charge is 0.287 e. The number of anilines is 1. The minimum absolute atomic E-state index is 0.194. The van der Waals surface area contributed by atoms with Crippen molar-refractivity contribution in [1.82, 2.24) is 9.78 Å². The summed E-state index contributed by atoms with van der Waals surface area (Å²) in [5.41, 5.74) is 0.490. The van der Waals surface area contributed by atoms with Crippen molar-refractivity contribution in [3.63, 3.8) is 0 Å². The number of nitrogens with zero attached hydrogens (tertiary/aromatic N) is 2. The van der Waals surface area contributed by atoms with Crippen LogP contribution in [-0.2, 0) is 6.54 Å². The molecule has 1 N–H and O–H groups in total. The van der Waals surface area contributed by atoms with E-state index in [1.165, 1.54) is 23.9 Å². The number of aryl methyl sites for hydroxylation is 1. The SMILES string of the molecule is CCCn1ncc(NC2CCC(CC)CC2)c(Cl)c1=O. The number of hydrogen-bond acceptors (Lipinski definition) is 3. The highest BCUT2D eigenvalue weighted by atomic mass is 35.5. The van der Waals surface area contributed by atoms with E-state index in [9.17, 15) is 4.79 Å². The summed E-state index contributed by atoms with van der Waals surface area (Å²) in [4.78, 5) is 12.0. The van der Waals surface area contributed by atoms with Crippen molar-refractivity contribution in [2.75, 3.05) is 5.32 Å². The molecule has 4 nitrogen and oxygen atoms in total. The van der Waals surface area contributed by atoms with Gasteiger partial charge in [0.05, 0.1) is 11.9 Å². The largest absolute Gasteiger partial charge is 0.380 e. The number of nitrogens with one attached hydrogen (secondary N) is 1. The number of halogens is 1. The molecule has 1 saturated carbocycles. The predicted octanol–water partition coefficient (Wildman–Crippen LogP) is 3.69. The second-order valence-corrected chi connectivity index (χ2v) is 6.05. The van der Waals surface area contributed by atoms with Gasteiger partial charge in [0.25, 0.3) is 5.56 Å². The van der Waals surface area contributed by atoms with Gasteiger partial charge in [-0.3, -0.25) is 4.79 Å². The van der Waals surface area contributed by atoms with Gasteiger partial charge < -0.3 is 5.32 Å². The van der Waals surface area contributed by atoms with Gasteiger partial charge in [-0.25, -0.2) is 4.68 Å². The molecule has 0 atom stereocenters. The Balaban J connectivity index is 2.03. The van der Waals surface area contributed by atoms with Gasteiger partial charge in [-0.15, -0.1) is 0 Å². The molecule has 0 amide bonds. The second-order valence-electron chi connectivity index (χ2n) is 5.67. The molecular formula is C15H24ClN3O. The van der Waals surface area contributed by atoms with Gasteiger partial charge in [0.2, 0.25) is 0 Å². The van der Waals surface area contributed by atoms with E-state index in [-0.39, 0.29) is 10.6 Å². The zero-order valence-corrected chi connectivity index (χ0v) is 13.1. The van der Waals surface area contributed by atoms with E-state index in [2.05, 4.69) is 17.3 Å². The summed E-state index contributed by atoms with van der Waals surface area (Å²) in [6.07, 6.45) is 8.63. The number of hydrogen-bond donors (Lipinski definition) is 1. The molecule has 1 aromatic rings. The van der Waals surface area contributed by atoms with Crippen molar-refractivity contribution >= 4 is 17.3 Å². The molecular weight excluding hydrogens is 274 g/mol. The lowest BCUT2D eigenvalue weighted by molar-refractivity contribution is 0.330. The number of rotatable bonds is 5. The molecule has 5 heteroatoms. The van der Waals surface area contributed by atoms with Crippen LogP contribution in [0.5, 0.6) is 0 Å². The summed E-state index contributed by atoms with van der Waals surface area (Å²) in [7, 11) is 0. The Bertz CT molecular complexity index is 492. The van der Waals surface area contributed by atoms with Gasteiger partial charge in [-0.1, -0.05) is 31.9 Å². The zero-order chi connectivity index (χ0) is 14.5. The van der Waals surface area contributed by atoms with Crippen molar-refractivity contribution in [3.8, 4) is 0 Å². The van der Waals surface area contributed by atoms with E-state index >= 15 is 0 Å². The normalized spacial score (nSPS) is 22.8. The molecule has 0 aliphatic heterocycles. The molecule has 1 fully saturated rings. The van der Waals surface area contributed by atoms with Gasteiger partial charge in [-0.2, -0.15) is 5.10 Å². The minimum atomic E-state index is -0.194. The molecule has 0 radical (unpaired) electrons. The van der Waals surface area contributed by atoms with Crippen LogP contribution in [0.4, 0.5) is 5.69 Å². The fourth-order valence-electron chi connectivity index (χ4n) is 2.87. The van der Waals surface area contributed by atoms with Crippen molar-refractivity contribution in [3.05, 3.63) is 21.6 Å². The highest BCUT2D eigenvalue weighted by molar-refractivity contribution is 6.32. The van der Waals surface area contributed by atoms with E-state index in [0.29, 0.717) is 18.3 Å². The van der Waals surface area contributed by atoms with E-state index in [1.807, 2.05) is 6.92 Å². The average Bonchev–Trinajstić information content (AvgIpc) is 2.48. The molecule has 1 aromatic heterocycles. The lowest BCUT2D eigenvalue weighted by Gasteiger charge is -2.29. The standard InChI is InChI=1S/C15H24ClN3O/c1-3-9-19-15(20)14(16)13(10-17-19)18-12-7-5-11(4-2)6-8-12/h10-12,18H,3-9H2,1-2H3. The van der Waals surface area contributed by atoms with Crippen LogP contribution in [0.25, 0.3) is 0 Å². The molecule has 1 heterocycles. The van der Waals surface area contributed by atoms with Crippen LogP contribution in [0.1, 0.15) is 52.4 Å². The fraction of sp³-hybridized carbons (Fsp3) is 0.733. The topological polar surface area (TPSA) is 46.9 Å². The van der Waals surface area contributed by atoms with E-state index < -0.39 is 0 Å². The van der Waals surface area contributed by atoms with Crippen LogP contribution < -0.4 is 10.9 Å². The summed E-state index contributed by atoms with van der Waals surface area (Å²) < 4.78 is 1.43. The quantitative estimate of drug-likeness (QED) is 0.901. The van der Waals surface area contributed by atoms with E-state index in [4.69, 9.17) is 11.6 Å². The Morgan fingerprint density at radius 3 is 2.65 bits per heavy atom. The lowest BCUT2D eigenvalue weighted by atomic mass is 9.84. The van der Waals surface area contributed by atoms with Gasteiger partial charge in [0.15, 0.2) is 0 Å². The molecule has 1 aliphatic carbocycles. The van der Waals surface area contributed by atoms with E-state index in [1.54, 1.807) is 6.20 Å². The van der Waals surface area contributed by atoms with Crippen molar-refractivity contribution in [2.45, 2.75) is 65.0 Å². The molecule has 2 rings (SSSR count). The first kappa shape index (κ1) is 15.4. The van der Waals surface area contributed by atoms with Crippen LogP contribution in [0.3, 0.4) is 0 Å². The Labute approximate surface area is 125 Å². The molecule has 20 heavy (non-hydrogen) atoms. The Morgan fingerprint density at radius 2 is 2.05 bits per heavy atom. The van der Waals surface area contributed by atoms with Gasteiger partial charge in [0.1, 0.15) is 5.02 Å². The zero-order valence-electron chi connectivity index (χ0n) is 12.4. The molecule has 112 valence electrons. The maximum Gasteiger partial charge on any atom is 0.287 e. The highest BCUT2D eigenvalue weighted by Crippen LogP contribution is 2.29. The first-order valence-electron chi connectivity index (χ1n) is 7.67. The summed E-state index contributed by atoms with van der Waals surface area (Å²) in [5.74, 6) is 0.860. The Hall–Kier alpha value is -1.03. The maximum atomic E-state index is 12.0. The van der Waals surface area contributed by atoms with Gasteiger partial charge in [0, 0.05) is 12.6 Å². The van der Waals surface area contributed by atoms with Crippen LogP contribution >= 0.6 is 11.6 Å². The second kappa shape index (κ2) is 7.11. The fourth-order valence-corrected chi connectivity index (χ4v) is 3.07. The van der Waals surface area contributed by atoms with Crippen molar-refractivity contribution in [1.29, 1.82) is 0 Å². The van der Waals surface area contributed by atoms with Gasteiger partial charge in [-0.05, 0) is 38.0 Å². The Kier molecular flexibility index (Phi) is 5.46. The third-order valence-corrected chi connectivity index (χ3v) is 4.57. The first-order chi connectivity index (χ1) is 9.65. The lowest BCUT2D eigenvalue weighted by Crippen LogP contribution is -2.29. The summed E-state index contributed by atoms with van der Waals surface area (Å²) >= 11 is 6.17. The summed E-state index contributed by atoms with van der Waals surface area (Å²) in [5, 5.41) is 7.85. The third-order valence-electron chi connectivity index (χ3n) is 4.20. The summed E-state index contributed by atoms with van der Waals surface area (Å²) in [6, 6.07) is 0.415. The highest BCUT2D eigenvalue weighted by Gasteiger charge is 2.21.